The molecule has 0 unspecified atom stereocenters. The average Bonchev–Trinajstić information content (AvgIpc) is 2.88. The second kappa shape index (κ2) is 5.84. The molecular formula is C16H10BrClN2O. The van der Waals surface area contributed by atoms with Gasteiger partial charge in [-0.15, -0.1) is 0 Å². The Kier molecular flexibility index (Phi) is 3.90. The lowest BCUT2D eigenvalue weighted by Gasteiger charge is -2.06. The van der Waals surface area contributed by atoms with Crippen molar-refractivity contribution in [2.24, 2.45) is 0 Å². The molecule has 0 aliphatic rings. The molecule has 3 aromatic rings. The lowest BCUT2D eigenvalue weighted by molar-refractivity contribution is 0.112. The number of benzene rings is 2. The number of hydrogen-bond acceptors (Lipinski definition) is 2. The normalized spacial score (nSPS) is 10.6. The minimum Gasteiger partial charge on any atom is -0.298 e. The fourth-order valence-electron chi connectivity index (χ4n) is 2.07. The fourth-order valence-corrected chi connectivity index (χ4v) is 2.70. The van der Waals surface area contributed by atoms with Gasteiger partial charge in [-0.2, -0.15) is 5.10 Å². The van der Waals surface area contributed by atoms with Gasteiger partial charge in [0.1, 0.15) is 5.15 Å². The summed E-state index contributed by atoms with van der Waals surface area (Å²) in [5, 5.41) is 4.44. The van der Waals surface area contributed by atoms with E-state index in [4.69, 9.17) is 11.6 Å². The van der Waals surface area contributed by atoms with Gasteiger partial charge in [0.15, 0.2) is 6.29 Å². The summed E-state index contributed by atoms with van der Waals surface area (Å²) in [4.78, 5) is 10.8. The van der Waals surface area contributed by atoms with E-state index >= 15 is 0 Å². The molecule has 104 valence electrons. The smallest absolute Gasteiger partial charge is 0.154 e. The quantitative estimate of drug-likeness (QED) is 0.630. The molecule has 0 aliphatic heterocycles. The lowest BCUT2D eigenvalue weighted by atomic mass is 10.1. The summed E-state index contributed by atoms with van der Waals surface area (Å²) in [6.07, 6.45) is 2.15. The Morgan fingerprint density at radius 1 is 1.10 bits per heavy atom. The summed E-state index contributed by atoms with van der Waals surface area (Å²) in [5.41, 5.74) is 3.41. The molecule has 0 bridgehead atoms. The molecule has 0 spiro atoms. The van der Waals surface area contributed by atoms with E-state index in [2.05, 4.69) is 27.1 Å². The van der Waals surface area contributed by atoms with Gasteiger partial charge in [-0.1, -0.05) is 51.8 Å². The molecular weight excluding hydrogens is 352 g/mol. The molecule has 0 N–H and O–H groups in total. The van der Waals surface area contributed by atoms with Crippen LogP contribution in [0.5, 0.6) is 0 Å². The highest BCUT2D eigenvalue weighted by Crippen LogP contribution is 2.25. The van der Waals surface area contributed by atoms with Crippen LogP contribution in [-0.2, 0) is 0 Å². The maximum Gasteiger partial charge on any atom is 0.154 e. The third-order valence-corrected chi connectivity index (χ3v) is 4.00. The molecule has 21 heavy (non-hydrogen) atoms. The first kappa shape index (κ1) is 14.0. The molecule has 0 radical (unpaired) electrons. The summed E-state index contributed by atoms with van der Waals surface area (Å²) in [5.74, 6) is 0. The standard InChI is InChI=1S/C16H10BrClN2O/c17-14-3-1-2-12(8-14)11-4-6-15(7-5-11)20-16(18)13(10-21)9-19-20/h1-10H. The minimum absolute atomic E-state index is 0.320. The highest BCUT2D eigenvalue weighted by molar-refractivity contribution is 9.10. The van der Waals surface area contributed by atoms with E-state index in [9.17, 15) is 4.79 Å². The van der Waals surface area contributed by atoms with Crippen LogP contribution in [0.3, 0.4) is 0 Å². The number of hydrogen-bond donors (Lipinski definition) is 0. The number of halogens is 2. The Hall–Kier alpha value is -1.91. The molecule has 3 nitrogen and oxygen atoms in total. The first-order valence-electron chi connectivity index (χ1n) is 6.24. The van der Waals surface area contributed by atoms with Crippen molar-refractivity contribution < 1.29 is 4.79 Å². The third-order valence-electron chi connectivity index (χ3n) is 3.13. The van der Waals surface area contributed by atoms with Crippen LogP contribution in [0.4, 0.5) is 0 Å². The molecule has 0 amide bonds. The van der Waals surface area contributed by atoms with E-state index in [1.54, 1.807) is 0 Å². The Labute approximate surface area is 135 Å². The van der Waals surface area contributed by atoms with Crippen molar-refractivity contribution in [2.75, 3.05) is 0 Å². The maximum absolute atomic E-state index is 10.8. The second-order valence-electron chi connectivity index (χ2n) is 4.48. The van der Waals surface area contributed by atoms with Gasteiger partial charge in [0, 0.05) is 4.47 Å². The van der Waals surface area contributed by atoms with Gasteiger partial charge in [0.2, 0.25) is 0 Å². The van der Waals surface area contributed by atoms with Crippen molar-refractivity contribution in [1.29, 1.82) is 0 Å². The summed E-state index contributed by atoms with van der Waals surface area (Å²) >= 11 is 9.57. The van der Waals surface area contributed by atoms with Gasteiger partial charge in [0.25, 0.3) is 0 Å². The lowest BCUT2D eigenvalue weighted by Crippen LogP contribution is -1.96. The monoisotopic (exact) mass is 360 g/mol. The Morgan fingerprint density at radius 2 is 1.86 bits per heavy atom. The topological polar surface area (TPSA) is 34.9 Å². The number of carbonyl (C=O) groups is 1. The highest BCUT2D eigenvalue weighted by atomic mass is 79.9. The van der Waals surface area contributed by atoms with Crippen LogP contribution < -0.4 is 0 Å². The molecule has 0 aliphatic carbocycles. The molecule has 3 rings (SSSR count). The van der Waals surface area contributed by atoms with Crippen LogP contribution in [0.1, 0.15) is 10.4 Å². The first-order valence-corrected chi connectivity index (χ1v) is 7.41. The fraction of sp³-hybridized carbons (Fsp3) is 0. The molecule has 0 fully saturated rings. The molecule has 1 heterocycles. The number of aromatic nitrogens is 2. The Bertz CT molecular complexity index is 796. The van der Waals surface area contributed by atoms with Gasteiger partial charge in [-0.05, 0) is 35.4 Å². The van der Waals surface area contributed by atoms with Gasteiger partial charge < -0.3 is 0 Å². The van der Waals surface area contributed by atoms with Crippen molar-refractivity contribution >= 4 is 33.8 Å². The van der Waals surface area contributed by atoms with E-state index in [1.165, 1.54) is 10.9 Å². The van der Waals surface area contributed by atoms with Crippen LogP contribution in [-0.4, -0.2) is 16.1 Å². The van der Waals surface area contributed by atoms with Gasteiger partial charge >= 0.3 is 0 Å². The van der Waals surface area contributed by atoms with Crippen molar-refractivity contribution in [3.05, 3.63) is 69.9 Å². The van der Waals surface area contributed by atoms with E-state index in [-0.39, 0.29) is 0 Å². The zero-order valence-electron chi connectivity index (χ0n) is 10.8. The average molecular weight is 362 g/mol. The Balaban J connectivity index is 1.97. The number of nitrogens with zero attached hydrogens (tertiary/aromatic N) is 2. The third kappa shape index (κ3) is 2.77. The highest BCUT2D eigenvalue weighted by Gasteiger charge is 2.09. The number of carbonyl (C=O) groups excluding carboxylic acids is 1. The molecule has 0 atom stereocenters. The van der Waals surface area contributed by atoms with Crippen LogP contribution >= 0.6 is 27.5 Å². The minimum atomic E-state index is 0.320. The second-order valence-corrected chi connectivity index (χ2v) is 5.75. The van der Waals surface area contributed by atoms with Crippen LogP contribution in [0.2, 0.25) is 5.15 Å². The SMILES string of the molecule is O=Cc1cnn(-c2ccc(-c3cccc(Br)c3)cc2)c1Cl. The largest absolute Gasteiger partial charge is 0.298 e. The molecule has 5 heteroatoms. The molecule has 2 aromatic carbocycles. The van der Waals surface area contributed by atoms with Crippen molar-refractivity contribution in [1.82, 2.24) is 9.78 Å². The number of aldehydes is 1. The van der Waals surface area contributed by atoms with Crippen molar-refractivity contribution in [3.8, 4) is 16.8 Å². The predicted octanol–water partition coefficient (Wildman–Crippen LogP) is 4.77. The zero-order chi connectivity index (χ0) is 14.8. The van der Waals surface area contributed by atoms with Crippen molar-refractivity contribution in [3.63, 3.8) is 0 Å². The summed E-state index contributed by atoms with van der Waals surface area (Å²) in [6, 6.07) is 15.9. The maximum atomic E-state index is 10.8. The molecule has 1 aromatic heterocycles. The summed E-state index contributed by atoms with van der Waals surface area (Å²) < 4.78 is 2.57. The Morgan fingerprint density at radius 3 is 2.48 bits per heavy atom. The van der Waals surface area contributed by atoms with Crippen LogP contribution in [0, 0.1) is 0 Å². The summed E-state index contributed by atoms with van der Waals surface area (Å²) in [7, 11) is 0. The van der Waals surface area contributed by atoms with Crippen molar-refractivity contribution in [2.45, 2.75) is 0 Å². The van der Waals surface area contributed by atoms with Gasteiger partial charge in [-0.25, -0.2) is 4.68 Å². The van der Waals surface area contributed by atoms with Gasteiger partial charge in [-0.3, -0.25) is 4.79 Å². The van der Waals surface area contributed by atoms with Gasteiger partial charge in [0.05, 0.1) is 17.4 Å². The number of rotatable bonds is 3. The molecule has 0 saturated carbocycles. The van der Waals surface area contributed by atoms with E-state index < -0.39 is 0 Å². The first-order chi connectivity index (χ1) is 10.2. The summed E-state index contributed by atoms with van der Waals surface area (Å²) in [6.45, 7) is 0. The van der Waals surface area contributed by atoms with Crippen LogP contribution in [0.25, 0.3) is 16.8 Å². The predicted molar refractivity (Wildman–Crippen MR) is 87.1 cm³/mol. The van der Waals surface area contributed by atoms with E-state index in [0.717, 1.165) is 21.3 Å². The molecule has 0 saturated heterocycles. The van der Waals surface area contributed by atoms with Crippen LogP contribution in [0.15, 0.2) is 59.2 Å². The van der Waals surface area contributed by atoms with E-state index in [0.29, 0.717) is 17.0 Å². The van der Waals surface area contributed by atoms with E-state index in [1.807, 2.05) is 42.5 Å². The zero-order valence-corrected chi connectivity index (χ0v) is 13.2.